The fourth-order valence-electron chi connectivity index (χ4n) is 4.73. The number of aliphatic hydroxyl groups excluding tert-OH is 6. The second-order valence-corrected chi connectivity index (χ2v) is 10.8. The van der Waals surface area contributed by atoms with Crippen LogP contribution in [0.5, 0.6) is 0 Å². The van der Waals surface area contributed by atoms with Crippen LogP contribution in [0.15, 0.2) is 0 Å². The number of aliphatic hydroxyl groups is 6. The molecule has 0 aromatic carbocycles. The van der Waals surface area contributed by atoms with E-state index in [-0.39, 0.29) is 26.4 Å². The molecule has 276 valence electrons. The maximum atomic E-state index is 11.4. The van der Waals surface area contributed by atoms with Gasteiger partial charge in [0.05, 0.1) is 79.3 Å². The summed E-state index contributed by atoms with van der Waals surface area (Å²) in [6, 6.07) is -2.01. The predicted octanol–water partition coefficient (Wildman–Crippen LogP) is -5.44. The van der Waals surface area contributed by atoms with Gasteiger partial charge in [-0.05, 0) is 0 Å². The summed E-state index contributed by atoms with van der Waals surface area (Å²) in [6.45, 7) is 5.52. The van der Waals surface area contributed by atoms with Gasteiger partial charge < -0.3 is 84.5 Å². The minimum atomic E-state index is -1.38. The topological polar surface area (TPSA) is 265 Å². The Balaban J connectivity index is 1.40. The highest BCUT2D eigenvalue weighted by atomic mass is 16.7. The van der Waals surface area contributed by atoms with Crippen LogP contribution in [0.25, 0.3) is 0 Å². The van der Waals surface area contributed by atoms with Crippen LogP contribution in [0.1, 0.15) is 13.8 Å². The zero-order valence-electron chi connectivity index (χ0n) is 26.9. The molecule has 0 saturated carbocycles. The first-order valence-corrected chi connectivity index (χ1v) is 15.6. The number of amides is 2. The van der Waals surface area contributed by atoms with E-state index < -0.39 is 86.3 Å². The Hall–Kier alpha value is -1.66. The van der Waals surface area contributed by atoms with Crippen LogP contribution in [0.4, 0.5) is 0 Å². The molecular formula is C28H53N3O16. The molecular weight excluding hydrogens is 634 g/mol. The number of nitrogens with one attached hydrogen (secondary N) is 3. The average molecular weight is 688 g/mol. The lowest BCUT2D eigenvalue weighted by atomic mass is 9.97. The van der Waals surface area contributed by atoms with Gasteiger partial charge in [0.15, 0.2) is 12.6 Å². The lowest BCUT2D eigenvalue weighted by molar-refractivity contribution is -0.272. The molecule has 2 aliphatic heterocycles. The van der Waals surface area contributed by atoms with E-state index in [4.69, 9.17) is 37.9 Å². The van der Waals surface area contributed by atoms with Gasteiger partial charge in [-0.2, -0.15) is 0 Å². The number of hydrogen-bond donors (Lipinski definition) is 9. The molecule has 2 amide bonds. The van der Waals surface area contributed by atoms with E-state index in [0.717, 1.165) is 0 Å². The van der Waals surface area contributed by atoms with Crippen molar-refractivity contribution in [3.63, 3.8) is 0 Å². The Kier molecular flexibility index (Phi) is 20.9. The van der Waals surface area contributed by atoms with E-state index in [1.165, 1.54) is 13.8 Å². The summed E-state index contributed by atoms with van der Waals surface area (Å²) in [5, 5.41) is 67.4. The van der Waals surface area contributed by atoms with Crippen LogP contribution in [-0.2, 0) is 47.5 Å². The van der Waals surface area contributed by atoms with Crippen LogP contribution >= 0.6 is 0 Å². The molecule has 47 heavy (non-hydrogen) atoms. The molecule has 9 N–H and O–H groups in total. The van der Waals surface area contributed by atoms with Gasteiger partial charge in [-0.25, -0.2) is 0 Å². The summed E-state index contributed by atoms with van der Waals surface area (Å²) in [7, 11) is 0. The van der Waals surface area contributed by atoms with Gasteiger partial charge in [0.2, 0.25) is 11.8 Å². The molecule has 19 heteroatoms. The minimum Gasteiger partial charge on any atom is -0.394 e. The Morgan fingerprint density at radius 1 is 0.553 bits per heavy atom. The third kappa shape index (κ3) is 15.2. The first kappa shape index (κ1) is 41.5. The molecule has 0 bridgehead atoms. The molecule has 6 unspecified atom stereocenters. The highest BCUT2D eigenvalue weighted by molar-refractivity contribution is 5.73. The molecule has 2 aliphatic rings. The number of carbonyl (C=O) groups excluding carboxylic acids is 2. The van der Waals surface area contributed by atoms with Crippen molar-refractivity contribution in [2.24, 2.45) is 0 Å². The summed E-state index contributed by atoms with van der Waals surface area (Å²) in [6.07, 6.45) is -9.73. The fraction of sp³-hybridized carbons (Fsp3) is 0.929. The van der Waals surface area contributed by atoms with Crippen molar-refractivity contribution < 1.29 is 78.1 Å². The van der Waals surface area contributed by atoms with E-state index in [1.807, 2.05) is 0 Å². The molecule has 2 rings (SSSR count). The fourth-order valence-corrected chi connectivity index (χ4v) is 4.73. The van der Waals surface area contributed by atoms with Gasteiger partial charge in [-0.1, -0.05) is 0 Å². The highest BCUT2D eigenvalue weighted by Crippen LogP contribution is 2.23. The Labute approximate surface area is 273 Å². The molecule has 19 nitrogen and oxygen atoms in total. The molecule has 0 aromatic heterocycles. The van der Waals surface area contributed by atoms with Crippen LogP contribution < -0.4 is 16.0 Å². The standard InChI is InChI=1S/C28H53N3O16/c1-17(34)30-21-25(38)23(36)19(15-32)46-27(21)44-13-11-42-9-7-40-5-3-29-4-6-41-8-10-43-12-14-45-28-22(31-18(2)35)26(39)24(37)20(16-33)47-28/h19-29,32-33,36-39H,3-16H2,1-2H3,(H,30,34)(H,31,35)/t19?,20?,21?,22?,23-,24-,25?,26?,27+,28+/m0/s1. The number of carbonyl (C=O) groups is 2. The van der Waals surface area contributed by atoms with Crippen molar-refractivity contribution in [1.82, 2.24) is 16.0 Å². The minimum absolute atomic E-state index is 0.0838. The highest BCUT2D eigenvalue weighted by Gasteiger charge is 2.46. The predicted molar refractivity (Wildman–Crippen MR) is 159 cm³/mol. The lowest BCUT2D eigenvalue weighted by Crippen LogP contribution is -2.64. The van der Waals surface area contributed by atoms with Gasteiger partial charge in [0.25, 0.3) is 0 Å². The SMILES string of the molecule is CC(=O)NC1C(O)[C@@H](O)C(CO)O[C@H]1OCCOCCOCCNCCOCCOCCO[C@@H]1OC(CO)[C@H](O)C(O)C1NC(C)=O. The smallest absolute Gasteiger partial charge is 0.217 e. The summed E-state index contributed by atoms with van der Waals surface area (Å²) in [4.78, 5) is 22.9. The second kappa shape index (κ2) is 23.7. The Morgan fingerprint density at radius 2 is 0.894 bits per heavy atom. The second-order valence-electron chi connectivity index (χ2n) is 10.8. The molecule has 2 heterocycles. The van der Waals surface area contributed by atoms with Crippen LogP contribution in [0.3, 0.4) is 0 Å². The van der Waals surface area contributed by atoms with Crippen molar-refractivity contribution in [3.8, 4) is 0 Å². The zero-order chi connectivity index (χ0) is 34.6. The Bertz CT molecular complexity index is 797. The first-order chi connectivity index (χ1) is 22.6. The van der Waals surface area contributed by atoms with E-state index in [1.54, 1.807) is 0 Å². The summed E-state index contributed by atoms with van der Waals surface area (Å²) in [5.74, 6) is -0.866. The van der Waals surface area contributed by atoms with E-state index in [0.29, 0.717) is 52.7 Å². The van der Waals surface area contributed by atoms with Crippen LogP contribution in [0.2, 0.25) is 0 Å². The maximum absolute atomic E-state index is 11.4. The largest absolute Gasteiger partial charge is 0.394 e. The van der Waals surface area contributed by atoms with E-state index in [9.17, 15) is 40.2 Å². The number of rotatable bonds is 24. The zero-order valence-corrected chi connectivity index (χ0v) is 26.9. The van der Waals surface area contributed by atoms with Gasteiger partial charge >= 0.3 is 0 Å². The van der Waals surface area contributed by atoms with Gasteiger partial charge in [0.1, 0.15) is 48.7 Å². The molecule has 2 saturated heterocycles. The van der Waals surface area contributed by atoms with Crippen molar-refractivity contribution in [3.05, 3.63) is 0 Å². The van der Waals surface area contributed by atoms with Crippen molar-refractivity contribution >= 4 is 11.8 Å². The van der Waals surface area contributed by atoms with Gasteiger partial charge in [-0.3, -0.25) is 9.59 Å². The normalized spacial score (nSPS) is 31.1. The van der Waals surface area contributed by atoms with Crippen molar-refractivity contribution in [2.75, 3.05) is 92.4 Å². The third-order valence-corrected chi connectivity index (χ3v) is 7.11. The molecule has 0 aromatic rings. The van der Waals surface area contributed by atoms with Crippen LogP contribution in [0, 0.1) is 0 Å². The van der Waals surface area contributed by atoms with Crippen LogP contribution in [-0.4, -0.2) is 196 Å². The lowest BCUT2D eigenvalue weighted by Gasteiger charge is -2.42. The Morgan fingerprint density at radius 3 is 1.23 bits per heavy atom. The maximum Gasteiger partial charge on any atom is 0.217 e. The summed E-state index contributed by atoms with van der Waals surface area (Å²) in [5.41, 5.74) is 0. The molecule has 0 spiro atoms. The van der Waals surface area contributed by atoms with E-state index >= 15 is 0 Å². The van der Waals surface area contributed by atoms with Gasteiger partial charge in [-0.15, -0.1) is 0 Å². The number of ether oxygens (including phenoxy) is 8. The van der Waals surface area contributed by atoms with E-state index in [2.05, 4.69) is 16.0 Å². The number of hydrogen-bond acceptors (Lipinski definition) is 17. The molecule has 0 radical (unpaired) electrons. The average Bonchev–Trinajstić information content (AvgIpc) is 3.04. The molecule has 2 fully saturated rings. The monoisotopic (exact) mass is 687 g/mol. The van der Waals surface area contributed by atoms with Crippen molar-refractivity contribution in [1.29, 1.82) is 0 Å². The molecule has 0 aliphatic carbocycles. The summed E-state index contributed by atoms with van der Waals surface area (Å²) < 4.78 is 44.0. The third-order valence-electron chi connectivity index (χ3n) is 7.11. The molecule has 10 atom stereocenters. The first-order valence-electron chi connectivity index (χ1n) is 15.6. The summed E-state index contributed by atoms with van der Waals surface area (Å²) >= 11 is 0. The van der Waals surface area contributed by atoms with Crippen molar-refractivity contribution in [2.45, 2.75) is 75.1 Å². The quantitative estimate of drug-likeness (QED) is 0.0429. The van der Waals surface area contributed by atoms with Gasteiger partial charge in [0, 0.05) is 26.9 Å².